The van der Waals surface area contributed by atoms with E-state index in [2.05, 4.69) is 29.8 Å². The second-order valence-corrected chi connectivity index (χ2v) is 6.45. The largest absolute Gasteiger partial charge is 0.454 e. The third-order valence-electron chi connectivity index (χ3n) is 3.95. The third kappa shape index (κ3) is 4.20. The van der Waals surface area contributed by atoms with Gasteiger partial charge in [-0.15, -0.1) is 0 Å². The average molecular weight is 361 g/mol. The zero-order valence-electron chi connectivity index (χ0n) is 13.2. The number of carbonyl (C=O) groups is 1. The standard InChI is InChI=1S/C19H21BrO2/c1-4-13(2)15-5-7-17(8-6-15)19(21)22-14(3)16-9-11-18(20)12-10-16/h5-14H,4H2,1-3H3. The number of esters is 1. The van der Waals surface area contributed by atoms with Crippen molar-refractivity contribution >= 4 is 21.9 Å². The van der Waals surface area contributed by atoms with Crippen molar-refractivity contribution in [1.82, 2.24) is 0 Å². The van der Waals surface area contributed by atoms with Gasteiger partial charge in [-0.3, -0.25) is 0 Å². The summed E-state index contributed by atoms with van der Waals surface area (Å²) >= 11 is 3.40. The highest BCUT2D eigenvalue weighted by Gasteiger charge is 2.14. The second kappa shape index (κ2) is 7.59. The molecule has 2 rings (SSSR count). The van der Waals surface area contributed by atoms with Crippen LogP contribution in [0.3, 0.4) is 0 Å². The number of ether oxygens (including phenoxy) is 1. The zero-order valence-corrected chi connectivity index (χ0v) is 14.8. The van der Waals surface area contributed by atoms with Gasteiger partial charge in [0, 0.05) is 4.47 Å². The van der Waals surface area contributed by atoms with Gasteiger partial charge in [-0.2, -0.15) is 0 Å². The first-order chi connectivity index (χ1) is 10.5. The minimum Gasteiger partial charge on any atom is -0.454 e. The molecule has 2 atom stereocenters. The summed E-state index contributed by atoms with van der Waals surface area (Å²) in [5, 5.41) is 0. The van der Waals surface area contributed by atoms with Gasteiger partial charge in [0.15, 0.2) is 0 Å². The smallest absolute Gasteiger partial charge is 0.338 e. The maximum absolute atomic E-state index is 12.2. The summed E-state index contributed by atoms with van der Waals surface area (Å²) in [6.45, 7) is 6.23. The number of benzene rings is 2. The van der Waals surface area contributed by atoms with Gasteiger partial charge < -0.3 is 4.74 Å². The zero-order chi connectivity index (χ0) is 16.1. The Morgan fingerprint density at radius 3 is 2.09 bits per heavy atom. The van der Waals surface area contributed by atoms with E-state index < -0.39 is 0 Å². The first-order valence-corrected chi connectivity index (χ1v) is 8.37. The van der Waals surface area contributed by atoms with Crippen LogP contribution in [0.15, 0.2) is 53.0 Å². The summed E-state index contributed by atoms with van der Waals surface area (Å²) in [7, 11) is 0. The van der Waals surface area contributed by atoms with Crippen LogP contribution < -0.4 is 0 Å². The lowest BCUT2D eigenvalue weighted by Gasteiger charge is -2.14. The van der Waals surface area contributed by atoms with Crippen LogP contribution in [0.2, 0.25) is 0 Å². The predicted octanol–water partition coefficient (Wildman–Crippen LogP) is 5.88. The van der Waals surface area contributed by atoms with Crippen LogP contribution in [0.25, 0.3) is 0 Å². The average Bonchev–Trinajstić information content (AvgIpc) is 2.54. The fourth-order valence-corrected chi connectivity index (χ4v) is 2.48. The molecule has 0 saturated carbocycles. The molecule has 0 fully saturated rings. The van der Waals surface area contributed by atoms with Crippen molar-refractivity contribution in [3.63, 3.8) is 0 Å². The molecule has 0 aliphatic rings. The second-order valence-electron chi connectivity index (χ2n) is 5.53. The van der Waals surface area contributed by atoms with Gasteiger partial charge in [0.1, 0.15) is 6.10 Å². The molecule has 0 aliphatic carbocycles. The molecule has 0 amide bonds. The molecule has 2 aromatic rings. The number of halogens is 1. The molecule has 2 aromatic carbocycles. The molecular weight excluding hydrogens is 340 g/mol. The van der Waals surface area contributed by atoms with Gasteiger partial charge in [-0.05, 0) is 54.7 Å². The van der Waals surface area contributed by atoms with Crippen LogP contribution in [0.5, 0.6) is 0 Å². The first kappa shape index (κ1) is 16.8. The van der Waals surface area contributed by atoms with Gasteiger partial charge in [0.05, 0.1) is 5.56 Å². The molecule has 3 heteroatoms. The Balaban J connectivity index is 2.03. The number of rotatable bonds is 5. The molecule has 2 unspecified atom stereocenters. The van der Waals surface area contributed by atoms with Crippen molar-refractivity contribution in [2.45, 2.75) is 39.2 Å². The lowest BCUT2D eigenvalue weighted by molar-refractivity contribution is 0.0338. The molecule has 0 bridgehead atoms. The Bertz CT molecular complexity index is 617. The predicted molar refractivity (Wildman–Crippen MR) is 93.1 cm³/mol. The maximum Gasteiger partial charge on any atom is 0.338 e. The molecule has 0 aliphatic heterocycles. The van der Waals surface area contributed by atoms with Crippen LogP contribution in [-0.2, 0) is 4.74 Å². The van der Waals surface area contributed by atoms with Gasteiger partial charge >= 0.3 is 5.97 Å². The van der Waals surface area contributed by atoms with E-state index in [9.17, 15) is 4.79 Å². The number of carbonyl (C=O) groups excluding carboxylic acids is 1. The number of hydrogen-bond acceptors (Lipinski definition) is 2. The van der Waals surface area contributed by atoms with Crippen molar-refractivity contribution in [3.8, 4) is 0 Å². The minimum absolute atomic E-state index is 0.269. The highest BCUT2D eigenvalue weighted by Crippen LogP contribution is 2.22. The summed E-state index contributed by atoms with van der Waals surface area (Å²) in [6, 6.07) is 15.5. The summed E-state index contributed by atoms with van der Waals surface area (Å²) in [4.78, 5) is 12.2. The molecule has 116 valence electrons. The lowest BCUT2D eigenvalue weighted by atomic mass is 9.98. The monoisotopic (exact) mass is 360 g/mol. The van der Waals surface area contributed by atoms with Crippen molar-refractivity contribution in [1.29, 1.82) is 0 Å². The van der Waals surface area contributed by atoms with Gasteiger partial charge in [0.2, 0.25) is 0 Å². The van der Waals surface area contributed by atoms with Crippen molar-refractivity contribution in [2.24, 2.45) is 0 Å². The quantitative estimate of drug-likeness (QED) is 0.622. The number of hydrogen-bond donors (Lipinski definition) is 0. The Labute approximate surface area is 140 Å². The topological polar surface area (TPSA) is 26.3 Å². The summed E-state index contributed by atoms with van der Waals surface area (Å²) < 4.78 is 6.54. The highest BCUT2D eigenvalue weighted by molar-refractivity contribution is 9.10. The van der Waals surface area contributed by atoms with Crippen molar-refractivity contribution in [2.75, 3.05) is 0 Å². The highest BCUT2D eigenvalue weighted by atomic mass is 79.9. The Kier molecular flexibility index (Phi) is 5.78. The molecule has 2 nitrogen and oxygen atoms in total. The lowest BCUT2D eigenvalue weighted by Crippen LogP contribution is -2.09. The summed E-state index contributed by atoms with van der Waals surface area (Å²) in [5.74, 6) is 0.220. The van der Waals surface area contributed by atoms with Crippen LogP contribution in [-0.4, -0.2) is 5.97 Å². The SMILES string of the molecule is CCC(C)c1ccc(C(=O)OC(C)c2ccc(Br)cc2)cc1. The van der Waals surface area contributed by atoms with Crippen LogP contribution in [0.4, 0.5) is 0 Å². The molecule has 0 aromatic heterocycles. The van der Waals surface area contributed by atoms with E-state index >= 15 is 0 Å². The Morgan fingerprint density at radius 1 is 1.00 bits per heavy atom. The molecule has 0 saturated heterocycles. The van der Waals surface area contributed by atoms with Crippen LogP contribution in [0, 0.1) is 0 Å². The van der Waals surface area contributed by atoms with Gasteiger partial charge in [0.25, 0.3) is 0 Å². The first-order valence-electron chi connectivity index (χ1n) is 7.57. The van der Waals surface area contributed by atoms with E-state index in [0.29, 0.717) is 11.5 Å². The summed E-state index contributed by atoms with van der Waals surface area (Å²) in [6.07, 6.45) is 0.819. The minimum atomic E-state index is -0.286. The third-order valence-corrected chi connectivity index (χ3v) is 4.48. The maximum atomic E-state index is 12.2. The Hall–Kier alpha value is -1.61. The normalized spacial score (nSPS) is 13.5. The molecule has 0 radical (unpaired) electrons. The van der Waals surface area contributed by atoms with Gasteiger partial charge in [-0.25, -0.2) is 4.79 Å². The molecule has 0 spiro atoms. The van der Waals surface area contributed by atoms with E-state index in [1.54, 1.807) is 0 Å². The molecule has 22 heavy (non-hydrogen) atoms. The molecule has 0 N–H and O–H groups in total. The van der Waals surface area contributed by atoms with Crippen molar-refractivity contribution in [3.05, 3.63) is 69.7 Å². The van der Waals surface area contributed by atoms with Crippen molar-refractivity contribution < 1.29 is 9.53 Å². The summed E-state index contributed by atoms with van der Waals surface area (Å²) in [5.41, 5.74) is 2.82. The van der Waals surface area contributed by atoms with Crippen LogP contribution in [0.1, 0.15) is 60.7 Å². The van der Waals surface area contributed by atoms with E-state index in [0.717, 1.165) is 16.5 Å². The van der Waals surface area contributed by atoms with E-state index in [-0.39, 0.29) is 12.1 Å². The fraction of sp³-hybridized carbons (Fsp3) is 0.316. The molecular formula is C19H21BrO2. The van der Waals surface area contributed by atoms with E-state index in [1.165, 1.54) is 5.56 Å². The molecule has 0 heterocycles. The fourth-order valence-electron chi connectivity index (χ4n) is 2.21. The van der Waals surface area contributed by atoms with E-state index in [1.807, 2.05) is 55.5 Å². The van der Waals surface area contributed by atoms with Crippen LogP contribution >= 0.6 is 15.9 Å². The van der Waals surface area contributed by atoms with E-state index in [4.69, 9.17) is 4.74 Å². The Morgan fingerprint density at radius 2 is 1.55 bits per heavy atom. The van der Waals surface area contributed by atoms with Gasteiger partial charge in [-0.1, -0.05) is 54.0 Å².